The van der Waals surface area contributed by atoms with E-state index in [0.29, 0.717) is 5.56 Å². The molecule has 0 saturated carbocycles. The van der Waals surface area contributed by atoms with Gasteiger partial charge in [-0.15, -0.1) is 0 Å². The maximum absolute atomic E-state index is 11.2. The van der Waals surface area contributed by atoms with E-state index < -0.39 is 5.91 Å². The summed E-state index contributed by atoms with van der Waals surface area (Å²) in [4.78, 5) is 18.1. The smallest absolute Gasteiger partial charge is 0.264 e. The highest BCUT2D eigenvalue weighted by Gasteiger charge is 2.05. The van der Waals surface area contributed by atoms with Crippen LogP contribution in [0.2, 0.25) is 0 Å². The second kappa shape index (κ2) is 3.18. The van der Waals surface area contributed by atoms with Gasteiger partial charge in [-0.1, -0.05) is 0 Å². The second-order valence-corrected chi connectivity index (χ2v) is 2.70. The molecule has 0 aliphatic heterocycles. The average molecular weight is 186 g/mol. The number of nitrogens with one attached hydrogen (secondary N) is 2. The van der Waals surface area contributed by atoms with E-state index in [-0.39, 0.29) is 0 Å². The van der Waals surface area contributed by atoms with E-state index >= 15 is 0 Å². The fourth-order valence-electron chi connectivity index (χ4n) is 1.20. The molecule has 1 amide bonds. The van der Waals surface area contributed by atoms with Gasteiger partial charge in [0.05, 0.1) is 17.4 Å². The minimum atomic E-state index is -0.413. The summed E-state index contributed by atoms with van der Waals surface area (Å²) in [5, 5.41) is 10.3. The number of nitriles is 1. The van der Waals surface area contributed by atoms with Gasteiger partial charge < -0.3 is 4.98 Å². The molecule has 2 aromatic rings. The number of nitrogens with zero attached hydrogens (tertiary/aromatic N) is 2. The molecule has 2 N–H and O–H groups in total. The Morgan fingerprint density at radius 1 is 1.57 bits per heavy atom. The van der Waals surface area contributed by atoms with Gasteiger partial charge in [-0.05, 0) is 18.2 Å². The standard InChI is InChI=1S/C9H6N4O/c10-4-11-9(14)6-1-2-7-8(3-6)13-5-12-7/h1-3,5H,(H,11,14)(H,12,13). The van der Waals surface area contributed by atoms with Crippen LogP contribution in [0.5, 0.6) is 0 Å². The van der Waals surface area contributed by atoms with E-state index in [2.05, 4.69) is 15.3 Å². The fourth-order valence-corrected chi connectivity index (χ4v) is 1.20. The molecule has 68 valence electrons. The zero-order valence-electron chi connectivity index (χ0n) is 7.11. The third-order valence-electron chi connectivity index (χ3n) is 1.85. The van der Waals surface area contributed by atoms with E-state index in [9.17, 15) is 4.79 Å². The molecule has 1 aromatic heterocycles. The zero-order valence-corrected chi connectivity index (χ0v) is 7.11. The number of aromatic amines is 1. The first-order valence-corrected chi connectivity index (χ1v) is 3.94. The summed E-state index contributed by atoms with van der Waals surface area (Å²) in [7, 11) is 0. The molecule has 0 aliphatic carbocycles. The van der Waals surface area contributed by atoms with Crippen molar-refractivity contribution in [3.8, 4) is 6.19 Å². The Hall–Kier alpha value is -2.35. The highest BCUT2D eigenvalue weighted by Crippen LogP contribution is 2.11. The molecule has 0 aliphatic rings. The maximum Gasteiger partial charge on any atom is 0.264 e. The molecular formula is C9H6N4O. The molecule has 1 heterocycles. The molecule has 0 saturated heterocycles. The number of amides is 1. The van der Waals surface area contributed by atoms with Gasteiger partial charge >= 0.3 is 0 Å². The second-order valence-electron chi connectivity index (χ2n) is 2.70. The number of hydrogen-bond donors (Lipinski definition) is 2. The van der Waals surface area contributed by atoms with Crippen molar-refractivity contribution >= 4 is 16.9 Å². The van der Waals surface area contributed by atoms with Gasteiger partial charge in [-0.3, -0.25) is 10.1 Å². The summed E-state index contributed by atoms with van der Waals surface area (Å²) in [5.74, 6) is -0.413. The molecule has 14 heavy (non-hydrogen) atoms. The number of aromatic nitrogens is 2. The van der Waals surface area contributed by atoms with Crippen LogP contribution in [0.25, 0.3) is 11.0 Å². The first kappa shape index (κ1) is 8.26. The van der Waals surface area contributed by atoms with Crippen molar-refractivity contribution in [1.29, 1.82) is 5.26 Å². The van der Waals surface area contributed by atoms with Crippen LogP contribution >= 0.6 is 0 Å². The summed E-state index contributed by atoms with van der Waals surface area (Å²) in [5.41, 5.74) is 2.00. The predicted molar refractivity (Wildman–Crippen MR) is 49.2 cm³/mol. The highest BCUT2D eigenvalue weighted by atomic mass is 16.1. The third-order valence-corrected chi connectivity index (χ3v) is 1.85. The van der Waals surface area contributed by atoms with Crippen LogP contribution in [0.3, 0.4) is 0 Å². The van der Waals surface area contributed by atoms with Crippen molar-refractivity contribution in [3.05, 3.63) is 30.1 Å². The predicted octanol–water partition coefficient (Wildman–Crippen LogP) is 0.774. The van der Waals surface area contributed by atoms with Crippen molar-refractivity contribution in [2.75, 3.05) is 0 Å². The average Bonchev–Trinajstić information content (AvgIpc) is 2.64. The van der Waals surface area contributed by atoms with E-state index in [4.69, 9.17) is 5.26 Å². The van der Waals surface area contributed by atoms with Crippen LogP contribution in [-0.2, 0) is 0 Å². The Bertz CT molecular complexity index is 523. The molecule has 5 nitrogen and oxygen atoms in total. The van der Waals surface area contributed by atoms with Gasteiger partial charge in [-0.25, -0.2) is 4.98 Å². The van der Waals surface area contributed by atoms with E-state index in [1.54, 1.807) is 30.7 Å². The van der Waals surface area contributed by atoms with Gasteiger partial charge in [0.25, 0.3) is 5.91 Å². The topological polar surface area (TPSA) is 81.6 Å². The number of imidazole rings is 1. The zero-order chi connectivity index (χ0) is 9.97. The van der Waals surface area contributed by atoms with Gasteiger partial charge in [0, 0.05) is 5.56 Å². The van der Waals surface area contributed by atoms with E-state index in [0.717, 1.165) is 11.0 Å². The van der Waals surface area contributed by atoms with Crippen LogP contribution in [0.15, 0.2) is 24.5 Å². The molecule has 1 aromatic carbocycles. The van der Waals surface area contributed by atoms with E-state index in [1.165, 1.54) is 0 Å². The lowest BCUT2D eigenvalue weighted by molar-refractivity contribution is 0.0973. The lowest BCUT2D eigenvalue weighted by Crippen LogP contribution is -2.16. The summed E-state index contributed by atoms with van der Waals surface area (Å²) >= 11 is 0. The number of carbonyl (C=O) groups is 1. The first-order valence-electron chi connectivity index (χ1n) is 3.94. The minimum Gasteiger partial charge on any atom is -0.345 e. The monoisotopic (exact) mass is 186 g/mol. The van der Waals surface area contributed by atoms with Crippen LogP contribution in [0.4, 0.5) is 0 Å². The van der Waals surface area contributed by atoms with Crippen LogP contribution in [0.1, 0.15) is 10.4 Å². The van der Waals surface area contributed by atoms with Crippen molar-refractivity contribution in [2.45, 2.75) is 0 Å². The Morgan fingerprint density at radius 3 is 3.21 bits per heavy atom. The number of carbonyl (C=O) groups excluding carboxylic acids is 1. The van der Waals surface area contributed by atoms with Gasteiger partial charge in [0.1, 0.15) is 0 Å². The summed E-state index contributed by atoms with van der Waals surface area (Å²) < 4.78 is 0. The Balaban J connectivity index is 2.44. The minimum absolute atomic E-state index is 0.413. The molecule has 0 fully saturated rings. The number of rotatable bonds is 1. The quantitative estimate of drug-likeness (QED) is 0.510. The normalized spacial score (nSPS) is 9.64. The van der Waals surface area contributed by atoms with Crippen molar-refractivity contribution in [2.24, 2.45) is 0 Å². The largest absolute Gasteiger partial charge is 0.345 e. The Morgan fingerprint density at radius 2 is 2.43 bits per heavy atom. The maximum atomic E-state index is 11.2. The molecule has 0 atom stereocenters. The summed E-state index contributed by atoms with van der Waals surface area (Å²) in [6, 6.07) is 4.99. The fraction of sp³-hybridized carbons (Fsp3) is 0. The lowest BCUT2D eigenvalue weighted by atomic mass is 10.2. The van der Waals surface area contributed by atoms with Crippen LogP contribution < -0.4 is 5.32 Å². The summed E-state index contributed by atoms with van der Waals surface area (Å²) in [6.07, 6.45) is 3.13. The van der Waals surface area contributed by atoms with Gasteiger partial charge in [0.15, 0.2) is 6.19 Å². The lowest BCUT2D eigenvalue weighted by Gasteiger charge is -1.96. The number of hydrogen-bond acceptors (Lipinski definition) is 3. The van der Waals surface area contributed by atoms with Crippen LogP contribution in [-0.4, -0.2) is 15.9 Å². The Labute approximate surface area is 79.4 Å². The molecule has 0 bridgehead atoms. The van der Waals surface area contributed by atoms with Gasteiger partial charge in [0.2, 0.25) is 0 Å². The number of benzene rings is 1. The molecule has 0 unspecified atom stereocenters. The highest BCUT2D eigenvalue weighted by molar-refractivity contribution is 5.97. The van der Waals surface area contributed by atoms with Crippen molar-refractivity contribution < 1.29 is 4.79 Å². The Kier molecular flexibility index (Phi) is 1.88. The third kappa shape index (κ3) is 1.29. The molecule has 0 spiro atoms. The van der Waals surface area contributed by atoms with E-state index in [1.807, 2.05) is 0 Å². The first-order chi connectivity index (χ1) is 6.81. The van der Waals surface area contributed by atoms with Crippen molar-refractivity contribution in [1.82, 2.24) is 15.3 Å². The van der Waals surface area contributed by atoms with Crippen LogP contribution in [0, 0.1) is 11.5 Å². The molecule has 2 rings (SSSR count). The number of H-pyrrole nitrogens is 1. The van der Waals surface area contributed by atoms with Crippen molar-refractivity contribution in [3.63, 3.8) is 0 Å². The summed E-state index contributed by atoms with van der Waals surface area (Å²) in [6.45, 7) is 0. The SMILES string of the molecule is N#CNC(=O)c1ccc2nc[nH]c2c1. The molecule has 5 heteroatoms. The van der Waals surface area contributed by atoms with Gasteiger partial charge in [-0.2, -0.15) is 5.26 Å². The molecule has 0 radical (unpaired) electrons. The molecular weight excluding hydrogens is 180 g/mol. The number of fused-ring (bicyclic) bond motifs is 1.